The molecule has 0 spiro atoms. The van der Waals surface area contributed by atoms with Gasteiger partial charge in [0.2, 0.25) is 0 Å². The van der Waals surface area contributed by atoms with Crippen LogP contribution in [0.5, 0.6) is 17.2 Å². The molecule has 0 radical (unpaired) electrons. The van der Waals surface area contributed by atoms with Crippen LogP contribution in [0.15, 0.2) is 12.1 Å². The quantitative estimate of drug-likeness (QED) is 0.663. The fourth-order valence-electron chi connectivity index (χ4n) is 1.84. The number of aliphatic hydroxyl groups excluding tert-OH is 2. The third kappa shape index (κ3) is 3.50. The van der Waals surface area contributed by atoms with Crippen molar-refractivity contribution in [2.75, 3.05) is 34.9 Å². The van der Waals surface area contributed by atoms with Crippen LogP contribution in [0.3, 0.4) is 0 Å². The third-order valence-corrected chi connectivity index (χ3v) is 2.83. The van der Waals surface area contributed by atoms with Gasteiger partial charge in [0.25, 0.3) is 0 Å². The molecule has 1 rings (SSSR count). The Morgan fingerprint density at radius 2 is 1.58 bits per heavy atom. The Balaban J connectivity index is 3.23. The van der Waals surface area contributed by atoms with Crippen LogP contribution < -0.4 is 19.5 Å². The van der Waals surface area contributed by atoms with Crippen molar-refractivity contribution in [3.8, 4) is 17.2 Å². The topological polar surface area (TPSA) is 80.2 Å². The molecule has 6 nitrogen and oxygen atoms in total. The molecule has 0 saturated carbocycles. The van der Waals surface area contributed by atoms with Crippen LogP contribution in [0.4, 0.5) is 0 Å². The van der Waals surface area contributed by atoms with Gasteiger partial charge >= 0.3 is 0 Å². The maximum absolute atomic E-state index is 10.2. The lowest BCUT2D eigenvalue weighted by molar-refractivity contribution is 0.0174. The first-order chi connectivity index (χ1) is 9.08. The molecule has 2 atom stereocenters. The first kappa shape index (κ1) is 15.6. The Morgan fingerprint density at radius 1 is 1.05 bits per heavy atom. The Bertz CT molecular complexity index is 385. The zero-order valence-electron chi connectivity index (χ0n) is 11.6. The van der Waals surface area contributed by atoms with Gasteiger partial charge in [-0.1, -0.05) is 0 Å². The molecule has 0 aliphatic rings. The van der Waals surface area contributed by atoms with Crippen molar-refractivity contribution >= 4 is 0 Å². The molecule has 6 heteroatoms. The van der Waals surface area contributed by atoms with Crippen LogP contribution in [-0.2, 0) is 0 Å². The van der Waals surface area contributed by atoms with Gasteiger partial charge < -0.3 is 29.7 Å². The van der Waals surface area contributed by atoms with Crippen molar-refractivity contribution in [2.45, 2.75) is 12.2 Å². The molecule has 0 aliphatic heterocycles. The predicted octanol–water partition coefficient (Wildman–Crippen LogP) is 0.326. The average Bonchev–Trinajstić information content (AvgIpc) is 2.44. The molecule has 2 unspecified atom stereocenters. The molecule has 0 amide bonds. The SMILES string of the molecule is CNCC(O)C(O)c1c(OC)cc(OC)cc1OC. The van der Waals surface area contributed by atoms with E-state index in [-0.39, 0.29) is 6.54 Å². The number of aliphatic hydroxyl groups is 2. The van der Waals surface area contributed by atoms with Gasteiger partial charge in [-0.05, 0) is 7.05 Å². The number of benzene rings is 1. The van der Waals surface area contributed by atoms with E-state index in [1.165, 1.54) is 21.3 Å². The highest BCUT2D eigenvalue weighted by atomic mass is 16.5. The summed E-state index contributed by atoms with van der Waals surface area (Å²) in [6.07, 6.45) is -2.09. The van der Waals surface area contributed by atoms with Gasteiger partial charge in [0.1, 0.15) is 23.4 Å². The number of methoxy groups -OCH3 is 3. The maximum atomic E-state index is 10.2. The van der Waals surface area contributed by atoms with Gasteiger partial charge in [-0.3, -0.25) is 0 Å². The summed E-state index contributed by atoms with van der Waals surface area (Å²) in [6, 6.07) is 3.26. The number of rotatable bonds is 7. The van der Waals surface area contributed by atoms with Crippen molar-refractivity contribution in [3.05, 3.63) is 17.7 Å². The Morgan fingerprint density at radius 3 is 1.95 bits per heavy atom. The van der Waals surface area contributed by atoms with Crippen LogP contribution in [0.25, 0.3) is 0 Å². The van der Waals surface area contributed by atoms with Crippen LogP contribution in [0.2, 0.25) is 0 Å². The van der Waals surface area contributed by atoms with Gasteiger partial charge in [0, 0.05) is 18.7 Å². The monoisotopic (exact) mass is 271 g/mol. The lowest BCUT2D eigenvalue weighted by atomic mass is 10.0. The standard InChI is InChI=1S/C13H21NO5/c1-14-7-9(15)13(16)12-10(18-3)5-8(17-2)6-11(12)19-4/h5-6,9,13-16H,7H2,1-4H3. The molecular weight excluding hydrogens is 250 g/mol. The maximum Gasteiger partial charge on any atom is 0.132 e. The van der Waals surface area contributed by atoms with E-state index in [0.29, 0.717) is 22.8 Å². The zero-order valence-corrected chi connectivity index (χ0v) is 11.6. The molecule has 3 N–H and O–H groups in total. The minimum absolute atomic E-state index is 0.250. The Hall–Kier alpha value is -1.50. The van der Waals surface area contributed by atoms with E-state index in [9.17, 15) is 10.2 Å². The molecule has 0 bridgehead atoms. The van der Waals surface area contributed by atoms with E-state index in [2.05, 4.69) is 5.32 Å². The Labute approximate surface area is 112 Å². The second-order valence-corrected chi connectivity index (χ2v) is 4.02. The van der Waals surface area contributed by atoms with E-state index in [1.807, 2.05) is 0 Å². The second-order valence-electron chi connectivity index (χ2n) is 4.02. The summed E-state index contributed by atoms with van der Waals surface area (Å²) in [4.78, 5) is 0. The third-order valence-electron chi connectivity index (χ3n) is 2.83. The summed E-state index contributed by atoms with van der Waals surface area (Å²) in [6.45, 7) is 0.250. The largest absolute Gasteiger partial charge is 0.496 e. The highest BCUT2D eigenvalue weighted by Crippen LogP contribution is 2.39. The minimum atomic E-state index is -1.12. The number of hydrogen-bond donors (Lipinski definition) is 3. The normalized spacial score (nSPS) is 13.8. The van der Waals surface area contributed by atoms with E-state index in [4.69, 9.17) is 14.2 Å². The van der Waals surface area contributed by atoms with Crippen LogP contribution in [0, 0.1) is 0 Å². The smallest absolute Gasteiger partial charge is 0.132 e. The van der Waals surface area contributed by atoms with E-state index >= 15 is 0 Å². The van der Waals surface area contributed by atoms with Crippen LogP contribution in [-0.4, -0.2) is 51.2 Å². The molecule has 0 heterocycles. The van der Waals surface area contributed by atoms with Crippen molar-refractivity contribution in [1.29, 1.82) is 0 Å². The van der Waals surface area contributed by atoms with Crippen LogP contribution in [0.1, 0.15) is 11.7 Å². The fourth-order valence-corrected chi connectivity index (χ4v) is 1.84. The van der Waals surface area contributed by atoms with E-state index in [0.717, 1.165) is 0 Å². The van der Waals surface area contributed by atoms with Crippen molar-refractivity contribution < 1.29 is 24.4 Å². The predicted molar refractivity (Wildman–Crippen MR) is 71.0 cm³/mol. The van der Waals surface area contributed by atoms with Gasteiger partial charge in [-0.15, -0.1) is 0 Å². The summed E-state index contributed by atoms with van der Waals surface area (Å²) < 4.78 is 15.6. The minimum Gasteiger partial charge on any atom is -0.496 e. The molecule has 0 saturated heterocycles. The van der Waals surface area contributed by atoms with Gasteiger partial charge in [0.05, 0.1) is 33.0 Å². The average molecular weight is 271 g/mol. The summed E-state index contributed by atoms with van der Waals surface area (Å²) in [5.41, 5.74) is 0.397. The van der Waals surface area contributed by atoms with E-state index in [1.54, 1.807) is 19.2 Å². The number of nitrogens with one attached hydrogen (secondary N) is 1. The molecule has 1 aromatic carbocycles. The van der Waals surface area contributed by atoms with E-state index < -0.39 is 12.2 Å². The lowest BCUT2D eigenvalue weighted by Gasteiger charge is -2.22. The molecule has 0 aliphatic carbocycles. The first-order valence-electron chi connectivity index (χ1n) is 5.89. The summed E-state index contributed by atoms with van der Waals surface area (Å²) >= 11 is 0. The summed E-state index contributed by atoms with van der Waals surface area (Å²) in [5, 5.41) is 22.9. The number of ether oxygens (including phenoxy) is 3. The molecular formula is C13H21NO5. The highest BCUT2D eigenvalue weighted by Gasteiger charge is 2.26. The van der Waals surface area contributed by atoms with Crippen molar-refractivity contribution in [2.24, 2.45) is 0 Å². The first-order valence-corrected chi connectivity index (χ1v) is 5.89. The molecule has 1 aromatic rings. The molecule has 108 valence electrons. The lowest BCUT2D eigenvalue weighted by Crippen LogP contribution is -2.30. The summed E-state index contributed by atoms with van der Waals surface area (Å²) in [5.74, 6) is 1.35. The van der Waals surface area contributed by atoms with Gasteiger partial charge in [-0.25, -0.2) is 0 Å². The number of hydrogen-bond acceptors (Lipinski definition) is 6. The van der Waals surface area contributed by atoms with Gasteiger partial charge in [0.15, 0.2) is 0 Å². The fraction of sp³-hybridized carbons (Fsp3) is 0.538. The van der Waals surface area contributed by atoms with Crippen LogP contribution >= 0.6 is 0 Å². The van der Waals surface area contributed by atoms with Crippen molar-refractivity contribution in [3.63, 3.8) is 0 Å². The molecule has 19 heavy (non-hydrogen) atoms. The molecule has 0 fully saturated rings. The number of likely N-dealkylation sites (N-methyl/N-ethyl adjacent to an activating group) is 1. The summed E-state index contributed by atoms with van der Waals surface area (Å²) in [7, 11) is 6.18. The molecule has 0 aromatic heterocycles. The second kappa shape index (κ2) is 7.18. The van der Waals surface area contributed by atoms with Gasteiger partial charge in [-0.2, -0.15) is 0 Å². The van der Waals surface area contributed by atoms with Crippen molar-refractivity contribution in [1.82, 2.24) is 5.32 Å². The zero-order chi connectivity index (χ0) is 14.4. The highest BCUT2D eigenvalue weighted by molar-refractivity contribution is 5.52. The Kier molecular flexibility index (Phi) is 5.88.